The van der Waals surface area contributed by atoms with Crippen molar-refractivity contribution in [3.05, 3.63) is 29.8 Å². The van der Waals surface area contributed by atoms with Crippen LogP contribution in [-0.2, 0) is 15.9 Å². The predicted molar refractivity (Wildman–Crippen MR) is 116 cm³/mol. The van der Waals surface area contributed by atoms with Crippen LogP contribution in [-0.4, -0.2) is 68.5 Å². The molecular formula is C21H35N5O3. The molecule has 0 unspecified atom stereocenters. The van der Waals surface area contributed by atoms with Gasteiger partial charge in [-0.1, -0.05) is 12.1 Å². The first kappa shape index (κ1) is 23.0. The highest BCUT2D eigenvalue weighted by Crippen LogP contribution is 2.13. The van der Waals surface area contributed by atoms with Gasteiger partial charge in [0.25, 0.3) is 0 Å². The van der Waals surface area contributed by atoms with Gasteiger partial charge in [0.1, 0.15) is 5.60 Å². The minimum Gasteiger partial charge on any atom is -0.444 e. The first-order valence-corrected chi connectivity index (χ1v) is 10.2. The Morgan fingerprint density at radius 2 is 1.93 bits per heavy atom. The van der Waals surface area contributed by atoms with Crippen molar-refractivity contribution >= 4 is 17.7 Å². The molecule has 1 saturated heterocycles. The standard InChI is InChI=1S/C21H35N5O3/c1-21(2,3)29-20(27)25-18-7-5-17(6-8-18)9-11-24-19(22)23-10-4-12-26-13-15-28-16-14-26/h5-8H,4,9-16H2,1-3H3,(H,25,27)(H3,22,23,24). The fourth-order valence-electron chi connectivity index (χ4n) is 2.89. The number of nitrogens with two attached hydrogens (primary N) is 1. The average molecular weight is 406 g/mol. The number of hydrogen-bond donors (Lipinski definition) is 3. The molecule has 4 N–H and O–H groups in total. The molecule has 1 aromatic rings. The van der Waals surface area contributed by atoms with Crippen molar-refractivity contribution in [2.45, 2.75) is 39.2 Å². The number of nitrogens with zero attached hydrogens (tertiary/aromatic N) is 2. The molecule has 1 fully saturated rings. The zero-order chi connectivity index (χ0) is 21.1. The Kier molecular flexibility index (Phi) is 9.21. The van der Waals surface area contributed by atoms with E-state index in [2.05, 4.69) is 20.5 Å². The molecule has 1 aromatic carbocycles. The summed E-state index contributed by atoms with van der Waals surface area (Å²) in [5.74, 6) is 0.482. The minimum absolute atomic E-state index is 0.454. The maximum absolute atomic E-state index is 11.8. The smallest absolute Gasteiger partial charge is 0.412 e. The topological polar surface area (TPSA) is 101 Å². The summed E-state index contributed by atoms with van der Waals surface area (Å²) in [7, 11) is 0. The van der Waals surface area contributed by atoms with Gasteiger partial charge in [0.05, 0.1) is 13.2 Å². The van der Waals surface area contributed by atoms with E-state index >= 15 is 0 Å². The Morgan fingerprint density at radius 3 is 2.59 bits per heavy atom. The molecule has 2 rings (SSSR count). The van der Waals surface area contributed by atoms with Gasteiger partial charge in [0.15, 0.2) is 5.96 Å². The lowest BCUT2D eigenvalue weighted by Crippen LogP contribution is -2.37. The molecule has 0 bridgehead atoms. The monoisotopic (exact) mass is 405 g/mol. The van der Waals surface area contributed by atoms with E-state index in [1.807, 2.05) is 45.0 Å². The highest BCUT2D eigenvalue weighted by atomic mass is 16.6. The third kappa shape index (κ3) is 10.1. The summed E-state index contributed by atoms with van der Waals surface area (Å²) in [5, 5.41) is 5.87. The van der Waals surface area contributed by atoms with Crippen molar-refractivity contribution in [2.75, 3.05) is 51.3 Å². The fraction of sp³-hybridized carbons (Fsp3) is 0.619. The zero-order valence-corrected chi connectivity index (χ0v) is 17.9. The number of benzene rings is 1. The number of carbonyl (C=O) groups excluding carboxylic acids is 1. The van der Waals surface area contributed by atoms with Gasteiger partial charge in [0.2, 0.25) is 0 Å². The van der Waals surface area contributed by atoms with Gasteiger partial charge in [-0.15, -0.1) is 0 Å². The first-order chi connectivity index (χ1) is 13.8. The number of hydrogen-bond acceptors (Lipinski definition) is 5. The predicted octanol–water partition coefficient (Wildman–Crippen LogP) is 2.20. The maximum atomic E-state index is 11.8. The molecule has 0 aliphatic carbocycles. The number of anilines is 1. The van der Waals surface area contributed by atoms with Crippen LogP contribution in [0.5, 0.6) is 0 Å². The highest BCUT2D eigenvalue weighted by molar-refractivity contribution is 5.84. The summed E-state index contributed by atoms with van der Waals surface area (Å²) in [5.41, 5.74) is 7.27. The molecule has 8 nitrogen and oxygen atoms in total. The van der Waals surface area contributed by atoms with Gasteiger partial charge >= 0.3 is 6.09 Å². The molecule has 0 radical (unpaired) electrons. The van der Waals surface area contributed by atoms with Crippen LogP contribution >= 0.6 is 0 Å². The second kappa shape index (κ2) is 11.6. The Balaban J connectivity index is 1.61. The van der Waals surface area contributed by atoms with Crippen molar-refractivity contribution in [1.29, 1.82) is 0 Å². The van der Waals surface area contributed by atoms with Crippen molar-refractivity contribution < 1.29 is 14.3 Å². The van der Waals surface area contributed by atoms with E-state index < -0.39 is 11.7 Å². The van der Waals surface area contributed by atoms with Crippen LogP contribution in [0.25, 0.3) is 0 Å². The summed E-state index contributed by atoms with van der Waals surface area (Å²) in [6, 6.07) is 7.68. The van der Waals surface area contributed by atoms with Crippen LogP contribution in [0.1, 0.15) is 32.8 Å². The molecular weight excluding hydrogens is 370 g/mol. The molecule has 1 aliphatic rings. The summed E-state index contributed by atoms with van der Waals surface area (Å²) in [6.07, 6.45) is 1.36. The van der Waals surface area contributed by atoms with Gasteiger partial charge in [-0.2, -0.15) is 0 Å². The van der Waals surface area contributed by atoms with E-state index in [0.29, 0.717) is 18.2 Å². The normalized spacial score (nSPS) is 15.8. The second-order valence-electron chi connectivity index (χ2n) is 8.08. The van der Waals surface area contributed by atoms with E-state index in [0.717, 1.165) is 57.8 Å². The molecule has 1 heterocycles. The number of rotatable bonds is 8. The van der Waals surface area contributed by atoms with Crippen molar-refractivity contribution in [2.24, 2.45) is 10.7 Å². The second-order valence-corrected chi connectivity index (χ2v) is 8.08. The van der Waals surface area contributed by atoms with Gasteiger partial charge in [-0.05, 0) is 51.3 Å². The summed E-state index contributed by atoms with van der Waals surface area (Å²) in [4.78, 5) is 18.6. The maximum Gasteiger partial charge on any atom is 0.412 e. The van der Waals surface area contributed by atoms with E-state index in [1.54, 1.807) is 0 Å². The summed E-state index contributed by atoms with van der Waals surface area (Å²) >= 11 is 0. The SMILES string of the molecule is CC(C)(C)OC(=O)Nc1ccc(CCNC(N)=NCCCN2CCOCC2)cc1. The fourth-order valence-corrected chi connectivity index (χ4v) is 2.89. The van der Waals surface area contributed by atoms with Crippen molar-refractivity contribution in [3.8, 4) is 0 Å². The molecule has 0 aromatic heterocycles. The lowest BCUT2D eigenvalue weighted by Gasteiger charge is -2.26. The first-order valence-electron chi connectivity index (χ1n) is 10.2. The Bertz CT molecular complexity index is 649. The van der Waals surface area contributed by atoms with E-state index in [1.165, 1.54) is 0 Å². The third-order valence-electron chi connectivity index (χ3n) is 4.34. The van der Waals surface area contributed by atoms with Gasteiger partial charge in [-0.25, -0.2) is 4.79 Å². The molecule has 0 atom stereocenters. The quantitative estimate of drug-likeness (QED) is 0.348. The van der Waals surface area contributed by atoms with Gasteiger partial charge in [-0.3, -0.25) is 15.2 Å². The van der Waals surface area contributed by atoms with E-state index in [4.69, 9.17) is 15.2 Å². The third-order valence-corrected chi connectivity index (χ3v) is 4.34. The molecule has 1 aliphatic heterocycles. The van der Waals surface area contributed by atoms with E-state index in [9.17, 15) is 4.79 Å². The van der Waals surface area contributed by atoms with Gasteiger partial charge in [0, 0.05) is 38.4 Å². The van der Waals surface area contributed by atoms with Crippen LogP contribution < -0.4 is 16.4 Å². The molecule has 0 spiro atoms. The van der Waals surface area contributed by atoms with Crippen molar-refractivity contribution in [1.82, 2.24) is 10.2 Å². The number of guanidine groups is 1. The molecule has 162 valence electrons. The van der Waals surface area contributed by atoms with Crippen LogP contribution in [0.4, 0.5) is 10.5 Å². The largest absolute Gasteiger partial charge is 0.444 e. The Hall–Kier alpha value is -2.32. The lowest BCUT2D eigenvalue weighted by atomic mass is 10.1. The number of carbonyl (C=O) groups is 1. The summed E-state index contributed by atoms with van der Waals surface area (Å²) in [6.45, 7) is 11.6. The lowest BCUT2D eigenvalue weighted by molar-refractivity contribution is 0.0377. The molecule has 1 amide bonds. The van der Waals surface area contributed by atoms with E-state index in [-0.39, 0.29) is 0 Å². The zero-order valence-electron chi connectivity index (χ0n) is 17.9. The Labute approximate surface area is 173 Å². The van der Waals surface area contributed by atoms with Crippen LogP contribution in [0.15, 0.2) is 29.3 Å². The summed E-state index contributed by atoms with van der Waals surface area (Å²) < 4.78 is 10.6. The number of ether oxygens (including phenoxy) is 2. The number of nitrogens with one attached hydrogen (secondary N) is 2. The van der Waals surface area contributed by atoms with Crippen LogP contribution in [0, 0.1) is 0 Å². The minimum atomic E-state index is -0.514. The van der Waals surface area contributed by atoms with Crippen molar-refractivity contribution in [3.63, 3.8) is 0 Å². The number of morpholine rings is 1. The number of amides is 1. The number of aliphatic imine (C=N–C) groups is 1. The average Bonchev–Trinajstić information content (AvgIpc) is 2.66. The van der Waals surface area contributed by atoms with Crippen LogP contribution in [0.3, 0.4) is 0 Å². The highest BCUT2D eigenvalue weighted by Gasteiger charge is 2.16. The molecule has 29 heavy (non-hydrogen) atoms. The molecule has 8 heteroatoms. The van der Waals surface area contributed by atoms with Gasteiger partial charge < -0.3 is 20.5 Å². The Morgan fingerprint density at radius 1 is 1.24 bits per heavy atom. The molecule has 0 saturated carbocycles. The van der Waals surface area contributed by atoms with Crippen LogP contribution in [0.2, 0.25) is 0 Å².